The Morgan fingerprint density at radius 1 is 1.21 bits per heavy atom. The van der Waals surface area contributed by atoms with Crippen molar-refractivity contribution in [3.8, 4) is 0 Å². The average molecular weight is 370 g/mol. The molecule has 0 saturated heterocycles. The van der Waals surface area contributed by atoms with E-state index in [-0.39, 0.29) is 16.5 Å². The van der Waals surface area contributed by atoms with Crippen molar-refractivity contribution in [1.29, 1.82) is 0 Å². The summed E-state index contributed by atoms with van der Waals surface area (Å²) in [7, 11) is 1.80. The lowest BCUT2D eigenvalue weighted by Gasteiger charge is -2.05. The van der Waals surface area contributed by atoms with E-state index < -0.39 is 11.7 Å². The molecule has 0 aliphatic heterocycles. The first-order chi connectivity index (χ1) is 11.4. The van der Waals surface area contributed by atoms with E-state index in [2.05, 4.69) is 16.0 Å². The summed E-state index contributed by atoms with van der Waals surface area (Å²) in [4.78, 5) is 24.9. The molecule has 1 aromatic carbocycles. The second kappa shape index (κ2) is 8.23. The molecule has 2 aromatic rings. The highest BCUT2D eigenvalue weighted by molar-refractivity contribution is 7.18. The van der Waals surface area contributed by atoms with Gasteiger partial charge in [-0.05, 0) is 43.8 Å². The molecule has 24 heavy (non-hydrogen) atoms. The zero-order valence-corrected chi connectivity index (χ0v) is 14.8. The zero-order chi connectivity index (χ0) is 17.7. The highest BCUT2D eigenvalue weighted by atomic mass is 35.5. The number of nitrogens with one attached hydrogen (secondary N) is 3. The summed E-state index contributed by atoms with van der Waals surface area (Å²) >= 11 is 7.06. The maximum atomic E-state index is 13.0. The van der Waals surface area contributed by atoms with E-state index in [9.17, 15) is 14.0 Å². The maximum absolute atomic E-state index is 13.0. The van der Waals surface area contributed by atoms with Crippen molar-refractivity contribution < 1.29 is 14.0 Å². The van der Waals surface area contributed by atoms with Gasteiger partial charge in [-0.2, -0.15) is 0 Å². The lowest BCUT2D eigenvalue weighted by atomic mass is 10.2. The molecule has 0 spiro atoms. The van der Waals surface area contributed by atoms with Crippen LogP contribution in [0.4, 0.5) is 9.39 Å². The van der Waals surface area contributed by atoms with Gasteiger partial charge in [0.05, 0.1) is 20.5 Å². The monoisotopic (exact) mass is 369 g/mol. The van der Waals surface area contributed by atoms with Crippen molar-refractivity contribution in [3.63, 3.8) is 0 Å². The number of anilines is 1. The molecule has 1 aromatic heterocycles. The normalized spacial score (nSPS) is 10.5. The maximum Gasteiger partial charge on any atom is 0.261 e. The fraction of sp³-hybridized carbons (Fsp3) is 0.250. The Labute approximate surface area is 148 Å². The van der Waals surface area contributed by atoms with Crippen LogP contribution in [0.25, 0.3) is 0 Å². The van der Waals surface area contributed by atoms with Crippen molar-refractivity contribution in [2.45, 2.75) is 6.92 Å². The third-order valence-electron chi connectivity index (χ3n) is 3.20. The van der Waals surface area contributed by atoms with Crippen molar-refractivity contribution in [3.05, 3.63) is 51.1 Å². The van der Waals surface area contributed by atoms with Gasteiger partial charge in [-0.25, -0.2) is 4.39 Å². The molecule has 0 aliphatic carbocycles. The summed E-state index contributed by atoms with van der Waals surface area (Å²) in [6.45, 7) is 2.98. The Morgan fingerprint density at radius 2 is 1.96 bits per heavy atom. The van der Waals surface area contributed by atoms with Crippen molar-refractivity contribution >= 4 is 39.8 Å². The number of halogens is 2. The number of amides is 2. The fourth-order valence-corrected chi connectivity index (χ4v) is 3.24. The molecule has 0 unspecified atom stereocenters. The number of benzene rings is 1. The number of hydrogen-bond acceptors (Lipinski definition) is 4. The largest absolute Gasteiger partial charge is 0.350 e. The van der Waals surface area contributed by atoms with Crippen LogP contribution >= 0.6 is 22.9 Å². The molecular weight excluding hydrogens is 353 g/mol. The van der Waals surface area contributed by atoms with Crippen molar-refractivity contribution in [1.82, 2.24) is 10.6 Å². The molecule has 2 rings (SSSR count). The summed E-state index contributed by atoms with van der Waals surface area (Å²) in [5.41, 5.74) is 0.937. The van der Waals surface area contributed by atoms with Gasteiger partial charge in [-0.1, -0.05) is 11.6 Å². The number of rotatable bonds is 6. The van der Waals surface area contributed by atoms with Crippen LogP contribution in [0.3, 0.4) is 0 Å². The summed E-state index contributed by atoms with van der Waals surface area (Å²) in [5, 5.41) is 8.97. The Morgan fingerprint density at radius 3 is 2.62 bits per heavy atom. The molecule has 3 N–H and O–H groups in total. The van der Waals surface area contributed by atoms with Crippen LogP contribution in [0.2, 0.25) is 5.02 Å². The topological polar surface area (TPSA) is 70.2 Å². The van der Waals surface area contributed by atoms with Gasteiger partial charge in [-0.15, -0.1) is 11.3 Å². The predicted molar refractivity (Wildman–Crippen MR) is 94.7 cm³/mol. The van der Waals surface area contributed by atoms with E-state index in [4.69, 9.17) is 11.6 Å². The molecule has 0 aliphatic rings. The molecule has 0 bridgehead atoms. The number of likely N-dealkylation sites (N-methyl/N-ethyl adjacent to an activating group) is 1. The van der Waals surface area contributed by atoms with Crippen LogP contribution in [0.1, 0.15) is 25.6 Å². The predicted octanol–water partition coefficient (Wildman–Crippen LogP) is 3.05. The molecular formula is C16H17ClFN3O2S. The Kier molecular flexibility index (Phi) is 6.30. The van der Waals surface area contributed by atoms with E-state index in [1.807, 2.05) is 0 Å². The first kappa shape index (κ1) is 18.4. The SMILES string of the molecule is CNCCNC(=O)c1sc(NC(=O)c2ccc(F)cc2Cl)cc1C. The van der Waals surface area contributed by atoms with Gasteiger partial charge in [-0.3, -0.25) is 9.59 Å². The highest BCUT2D eigenvalue weighted by Gasteiger charge is 2.16. The minimum Gasteiger partial charge on any atom is -0.350 e. The van der Waals surface area contributed by atoms with Crippen LogP contribution < -0.4 is 16.0 Å². The smallest absolute Gasteiger partial charge is 0.261 e. The van der Waals surface area contributed by atoms with Crippen molar-refractivity contribution in [2.75, 3.05) is 25.5 Å². The standard InChI is InChI=1S/C16H17ClFN3O2S/c1-9-7-13(24-14(9)16(23)20-6-5-19-2)21-15(22)11-4-3-10(18)8-12(11)17/h3-4,7-8,19H,5-6H2,1-2H3,(H,20,23)(H,21,22). The van der Waals surface area contributed by atoms with Gasteiger partial charge in [0.25, 0.3) is 11.8 Å². The minimum absolute atomic E-state index is 0.0332. The molecule has 0 atom stereocenters. The number of hydrogen-bond donors (Lipinski definition) is 3. The summed E-state index contributed by atoms with van der Waals surface area (Å²) in [6, 6.07) is 5.28. The lowest BCUT2D eigenvalue weighted by molar-refractivity contribution is 0.0956. The number of carbonyl (C=O) groups is 2. The molecule has 1 heterocycles. The molecule has 2 amide bonds. The number of thiophene rings is 1. The average Bonchev–Trinajstić information content (AvgIpc) is 2.87. The Hall–Kier alpha value is -1.96. The molecule has 0 fully saturated rings. The van der Waals surface area contributed by atoms with Crippen LogP contribution in [0.15, 0.2) is 24.3 Å². The lowest BCUT2D eigenvalue weighted by Crippen LogP contribution is -2.30. The van der Waals surface area contributed by atoms with Gasteiger partial charge in [0.2, 0.25) is 0 Å². The minimum atomic E-state index is -0.510. The highest BCUT2D eigenvalue weighted by Crippen LogP contribution is 2.28. The number of carbonyl (C=O) groups excluding carboxylic acids is 2. The zero-order valence-electron chi connectivity index (χ0n) is 13.2. The quantitative estimate of drug-likeness (QED) is 0.685. The first-order valence-corrected chi connectivity index (χ1v) is 8.41. The van der Waals surface area contributed by atoms with Gasteiger partial charge in [0.15, 0.2) is 0 Å². The van der Waals surface area contributed by atoms with Gasteiger partial charge >= 0.3 is 0 Å². The summed E-state index contributed by atoms with van der Waals surface area (Å²) in [5.74, 6) is -1.15. The van der Waals surface area contributed by atoms with E-state index in [1.165, 1.54) is 23.5 Å². The van der Waals surface area contributed by atoms with E-state index in [0.29, 0.717) is 23.0 Å². The number of aryl methyl sites for hydroxylation is 1. The summed E-state index contributed by atoms with van der Waals surface area (Å²) in [6.07, 6.45) is 0. The second-order valence-electron chi connectivity index (χ2n) is 5.06. The Bertz CT molecular complexity index is 764. The van der Waals surface area contributed by atoms with E-state index in [0.717, 1.165) is 11.6 Å². The van der Waals surface area contributed by atoms with E-state index in [1.54, 1.807) is 20.0 Å². The summed E-state index contributed by atoms with van der Waals surface area (Å²) < 4.78 is 13.0. The molecule has 5 nitrogen and oxygen atoms in total. The van der Waals surface area contributed by atoms with E-state index >= 15 is 0 Å². The third kappa shape index (κ3) is 4.53. The Balaban J connectivity index is 2.09. The first-order valence-electron chi connectivity index (χ1n) is 7.22. The van der Waals surface area contributed by atoms with Gasteiger partial charge in [0.1, 0.15) is 5.82 Å². The van der Waals surface area contributed by atoms with Crippen LogP contribution in [0, 0.1) is 12.7 Å². The molecule has 8 heteroatoms. The van der Waals surface area contributed by atoms with Gasteiger partial charge < -0.3 is 16.0 Å². The molecule has 128 valence electrons. The molecule has 0 radical (unpaired) electrons. The third-order valence-corrected chi connectivity index (χ3v) is 4.66. The van der Waals surface area contributed by atoms with Crippen LogP contribution in [0.5, 0.6) is 0 Å². The van der Waals surface area contributed by atoms with Crippen LogP contribution in [-0.4, -0.2) is 32.0 Å². The molecule has 0 saturated carbocycles. The fourth-order valence-electron chi connectivity index (χ4n) is 2.00. The van der Waals surface area contributed by atoms with Crippen molar-refractivity contribution in [2.24, 2.45) is 0 Å². The van der Waals surface area contributed by atoms with Gasteiger partial charge in [0, 0.05) is 13.1 Å². The van der Waals surface area contributed by atoms with Crippen LogP contribution in [-0.2, 0) is 0 Å². The second-order valence-corrected chi connectivity index (χ2v) is 6.52.